The van der Waals surface area contributed by atoms with Crippen LogP contribution in [0.5, 0.6) is 0 Å². The Hall–Kier alpha value is -8.52. The van der Waals surface area contributed by atoms with Crippen LogP contribution in [0.4, 0.5) is 17.1 Å². The molecule has 1 aliphatic carbocycles. The Bertz CT molecular complexity index is 4350. The molecule has 1 heteroatoms. The molecule has 0 radical (unpaired) electrons. The maximum absolute atomic E-state index is 2.50. The van der Waals surface area contributed by atoms with Crippen molar-refractivity contribution in [2.24, 2.45) is 0 Å². The van der Waals surface area contributed by atoms with Crippen LogP contribution in [-0.2, 0) is 0 Å². The Kier molecular flexibility index (Phi) is 6.35. The molecule has 0 saturated carbocycles. The summed E-state index contributed by atoms with van der Waals surface area (Å²) in [6, 6.07) is 79.8. The first kappa shape index (κ1) is 34.0. The predicted octanol–water partition coefficient (Wildman–Crippen LogP) is 18.3. The molecule has 0 aromatic heterocycles. The topological polar surface area (TPSA) is 3.24 Å². The van der Waals surface area contributed by atoms with E-state index >= 15 is 0 Å². The van der Waals surface area contributed by atoms with Crippen LogP contribution in [0.1, 0.15) is 0 Å². The summed E-state index contributed by atoms with van der Waals surface area (Å²) in [7, 11) is 0. The van der Waals surface area contributed by atoms with Crippen molar-refractivity contribution < 1.29 is 0 Å². The number of hydrogen-bond acceptors (Lipinski definition) is 1. The van der Waals surface area contributed by atoms with E-state index < -0.39 is 0 Å². The molecule has 15 aromatic carbocycles. The number of anilines is 3. The Morgan fingerprint density at radius 1 is 0.200 bits per heavy atom. The monoisotopic (exact) mass is 817 g/mol. The maximum Gasteiger partial charge on any atom is 0.0462 e. The normalized spacial score (nSPS) is 12.6. The molecule has 0 saturated heterocycles. The molecule has 0 heterocycles. The number of para-hydroxylation sites is 2. The summed E-state index contributed by atoms with van der Waals surface area (Å²) in [5.41, 5.74) is 11.2. The van der Waals surface area contributed by atoms with Crippen LogP contribution >= 0.6 is 0 Å². The molecule has 0 atom stereocenters. The largest absolute Gasteiger partial charge is 0.311 e. The SMILES string of the molecule is c1ccc(N(c2ccccc2)c2ccc(-c3cc4cc5c6ccc7c8ccc9c%10c(ccc(c%11ccc(c6c7%11)c5c5c6ccccc6c(c3)c45)c%108)-c3cc4ccccc4cc3-9)cc2)cc1. The molecule has 16 rings (SSSR count). The maximum atomic E-state index is 2.50. The summed E-state index contributed by atoms with van der Waals surface area (Å²) < 4.78 is 0. The Morgan fingerprint density at radius 2 is 0.646 bits per heavy atom. The van der Waals surface area contributed by atoms with Gasteiger partial charge in [-0.25, -0.2) is 0 Å². The van der Waals surface area contributed by atoms with Crippen molar-refractivity contribution >= 4 is 125 Å². The lowest BCUT2D eigenvalue weighted by Crippen LogP contribution is -2.09. The highest BCUT2D eigenvalue weighted by Gasteiger charge is 2.28. The zero-order valence-electron chi connectivity index (χ0n) is 35.2. The molecule has 65 heavy (non-hydrogen) atoms. The fraction of sp³-hybridized carbons (Fsp3) is 0. The third-order valence-corrected chi connectivity index (χ3v) is 15.1. The van der Waals surface area contributed by atoms with E-state index in [2.05, 4.69) is 217 Å². The molecule has 1 aliphatic rings. The standard InChI is InChI=1S/C64H35N/c1-3-13-41(14-4-1)65(42-15-5-2-6-16-42)43-21-19-36(20-22-43)39-31-40-35-57-52-28-25-48-46-23-26-50-54-32-37-11-7-8-12-38(37)33-55(54)51-27-24-47(59(46)61(50)51)49-29-30-53(62(52)60(48)49)63(57)64-45-18-10-9-17-44(45)56(34-39)58(40)64/h1-35H. The van der Waals surface area contributed by atoms with E-state index in [0.717, 1.165) is 17.1 Å². The van der Waals surface area contributed by atoms with E-state index in [9.17, 15) is 0 Å². The molecular weight excluding hydrogens is 783 g/mol. The lowest BCUT2D eigenvalue weighted by Gasteiger charge is -2.25. The molecule has 0 aliphatic heterocycles. The van der Waals surface area contributed by atoms with E-state index in [-0.39, 0.29) is 0 Å². The molecule has 0 amide bonds. The smallest absolute Gasteiger partial charge is 0.0462 e. The molecule has 0 bridgehead atoms. The van der Waals surface area contributed by atoms with Gasteiger partial charge in [0.15, 0.2) is 0 Å². The Balaban J connectivity index is 0.929. The minimum Gasteiger partial charge on any atom is -0.311 e. The molecule has 0 unspecified atom stereocenters. The quantitative estimate of drug-likeness (QED) is 0.126. The van der Waals surface area contributed by atoms with Gasteiger partial charge in [0.2, 0.25) is 0 Å². The van der Waals surface area contributed by atoms with Crippen molar-refractivity contribution in [2.45, 2.75) is 0 Å². The van der Waals surface area contributed by atoms with Gasteiger partial charge in [0.05, 0.1) is 0 Å². The highest BCUT2D eigenvalue weighted by Crippen LogP contribution is 2.56. The van der Waals surface area contributed by atoms with Crippen molar-refractivity contribution in [3.05, 3.63) is 212 Å². The van der Waals surface area contributed by atoms with Gasteiger partial charge < -0.3 is 4.90 Å². The van der Waals surface area contributed by atoms with Gasteiger partial charge in [-0.1, -0.05) is 146 Å². The summed E-state index contributed by atoms with van der Waals surface area (Å²) >= 11 is 0. The van der Waals surface area contributed by atoms with E-state index in [1.165, 1.54) is 141 Å². The van der Waals surface area contributed by atoms with Crippen LogP contribution in [0.15, 0.2) is 212 Å². The third kappa shape index (κ3) is 4.33. The summed E-state index contributed by atoms with van der Waals surface area (Å²) in [4.78, 5) is 2.33. The summed E-state index contributed by atoms with van der Waals surface area (Å²) in [6.45, 7) is 0. The lowest BCUT2D eigenvalue weighted by molar-refractivity contribution is 1.28. The molecule has 0 fully saturated rings. The van der Waals surface area contributed by atoms with E-state index in [0.29, 0.717) is 0 Å². The first-order valence-corrected chi connectivity index (χ1v) is 22.7. The van der Waals surface area contributed by atoms with Crippen LogP contribution in [-0.4, -0.2) is 0 Å². The predicted molar refractivity (Wildman–Crippen MR) is 280 cm³/mol. The number of rotatable bonds is 4. The fourth-order valence-corrected chi connectivity index (χ4v) is 12.5. The number of nitrogens with zero attached hydrogens (tertiary/aromatic N) is 1. The number of benzene rings is 13. The summed E-state index contributed by atoms with van der Waals surface area (Å²) in [6.07, 6.45) is 0. The number of fused-ring (bicyclic) bond motifs is 13. The number of hydrogen-bond donors (Lipinski definition) is 0. The molecule has 15 aromatic rings. The van der Waals surface area contributed by atoms with Gasteiger partial charge >= 0.3 is 0 Å². The minimum absolute atomic E-state index is 1.13. The highest BCUT2D eigenvalue weighted by molar-refractivity contribution is 6.49. The minimum atomic E-state index is 1.13. The van der Waals surface area contributed by atoms with Crippen molar-refractivity contribution in [2.75, 3.05) is 4.90 Å². The first-order chi connectivity index (χ1) is 32.2. The molecular formula is C64H35N. The van der Waals surface area contributed by atoms with E-state index in [4.69, 9.17) is 0 Å². The highest BCUT2D eigenvalue weighted by atomic mass is 15.1. The Morgan fingerprint density at radius 3 is 1.28 bits per heavy atom. The van der Waals surface area contributed by atoms with Gasteiger partial charge in [0.25, 0.3) is 0 Å². The van der Waals surface area contributed by atoms with Gasteiger partial charge in [0.1, 0.15) is 0 Å². The second kappa shape index (κ2) is 12.1. The Labute approximate surface area is 373 Å². The van der Waals surface area contributed by atoms with Crippen molar-refractivity contribution in [1.29, 1.82) is 0 Å². The van der Waals surface area contributed by atoms with Crippen LogP contribution in [0.3, 0.4) is 0 Å². The van der Waals surface area contributed by atoms with Crippen molar-refractivity contribution in [3.8, 4) is 33.4 Å². The van der Waals surface area contributed by atoms with Crippen LogP contribution in [0.2, 0.25) is 0 Å². The lowest BCUT2D eigenvalue weighted by atomic mass is 9.87. The van der Waals surface area contributed by atoms with Gasteiger partial charge in [-0.2, -0.15) is 0 Å². The van der Waals surface area contributed by atoms with Crippen LogP contribution < -0.4 is 4.90 Å². The second-order valence-corrected chi connectivity index (χ2v) is 18.3. The van der Waals surface area contributed by atoms with E-state index in [1.54, 1.807) is 0 Å². The molecule has 1 nitrogen and oxygen atoms in total. The molecule has 296 valence electrons. The van der Waals surface area contributed by atoms with Crippen molar-refractivity contribution in [3.63, 3.8) is 0 Å². The van der Waals surface area contributed by atoms with Crippen LogP contribution in [0, 0.1) is 0 Å². The summed E-state index contributed by atoms with van der Waals surface area (Å²) in [5.74, 6) is 0. The molecule has 0 N–H and O–H groups in total. The summed E-state index contributed by atoms with van der Waals surface area (Å²) in [5, 5.41) is 26.9. The van der Waals surface area contributed by atoms with Gasteiger partial charge in [0, 0.05) is 17.1 Å². The van der Waals surface area contributed by atoms with Gasteiger partial charge in [-0.15, -0.1) is 0 Å². The van der Waals surface area contributed by atoms with Crippen LogP contribution in [0.25, 0.3) is 141 Å². The fourth-order valence-electron chi connectivity index (χ4n) is 12.5. The average molecular weight is 818 g/mol. The molecule has 0 spiro atoms. The zero-order chi connectivity index (χ0) is 42.1. The zero-order valence-corrected chi connectivity index (χ0v) is 35.2. The third-order valence-electron chi connectivity index (χ3n) is 15.1. The second-order valence-electron chi connectivity index (χ2n) is 18.3. The first-order valence-electron chi connectivity index (χ1n) is 22.7. The van der Waals surface area contributed by atoms with Gasteiger partial charge in [-0.05, 0) is 208 Å². The van der Waals surface area contributed by atoms with E-state index in [1.807, 2.05) is 0 Å². The van der Waals surface area contributed by atoms with Gasteiger partial charge in [-0.3, -0.25) is 0 Å². The average Bonchev–Trinajstić information content (AvgIpc) is 3.99. The van der Waals surface area contributed by atoms with Crippen molar-refractivity contribution in [1.82, 2.24) is 0 Å².